The van der Waals surface area contributed by atoms with Crippen LogP contribution in [0.25, 0.3) is 0 Å². The minimum Gasteiger partial charge on any atom is -0.393 e. The molecule has 0 spiro atoms. The summed E-state index contributed by atoms with van der Waals surface area (Å²) in [7, 11) is 0. The quantitative estimate of drug-likeness (QED) is 0.431. The van der Waals surface area contributed by atoms with Gasteiger partial charge in [-0.25, -0.2) is 0 Å². The third-order valence-electron chi connectivity index (χ3n) is 9.87. The van der Waals surface area contributed by atoms with Crippen LogP contribution in [0.4, 0.5) is 0 Å². The maximum atomic E-state index is 10.2. The van der Waals surface area contributed by atoms with Crippen LogP contribution >= 0.6 is 0 Å². The summed E-state index contributed by atoms with van der Waals surface area (Å²) in [6, 6.07) is 0. The Bertz CT molecular complexity index is 602. The van der Waals surface area contributed by atoms with Gasteiger partial charge in [0, 0.05) is 0 Å². The van der Waals surface area contributed by atoms with Gasteiger partial charge in [0.25, 0.3) is 0 Å². The van der Waals surface area contributed by atoms with Crippen LogP contribution in [0.5, 0.6) is 0 Å². The van der Waals surface area contributed by atoms with E-state index in [-0.39, 0.29) is 6.10 Å². The maximum absolute atomic E-state index is 10.2. The Morgan fingerprint density at radius 3 is 2.57 bits per heavy atom. The molecule has 0 aromatic rings. The van der Waals surface area contributed by atoms with Crippen LogP contribution in [-0.2, 0) is 0 Å². The summed E-state index contributed by atoms with van der Waals surface area (Å²) in [6.45, 7) is 9.05. The first-order valence-corrected chi connectivity index (χ1v) is 12.2. The Kier molecular flexibility index (Phi) is 5.54. The van der Waals surface area contributed by atoms with Crippen LogP contribution in [0.1, 0.15) is 105 Å². The molecule has 0 radical (unpaired) electrons. The normalized spacial score (nSPS) is 45.8. The van der Waals surface area contributed by atoms with E-state index in [2.05, 4.69) is 19.9 Å². The Morgan fingerprint density at radius 2 is 1.82 bits per heavy atom. The monoisotopic (exact) mass is 388 g/mol. The molecule has 28 heavy (non-hydrogen) atoms. The molecule has 0 aromatic heterocycles. The zero-order valence-electron chi connectivity index (χ0n) is 18.8. The van der Waals surface area contributed by atoms with E-state index < -0.39 is 5.60 Å². The van der Waals surface area contributed by atoms with Crippen molar-refractivity contribution in [2.24, 2.45) is 34.5 Å². The van der Waals surface area contributed by atoms with E-state index in [9.17, 15) is 10.2 Å². The van der Waals surface area contributed by atoms with Gasteiger partial charge < -0.3 is 10.2 Å². The minimum atomic E-state index is -0.505. The van der Waals surface area contributed by atoms with Gasteiger partial charge in [0.05, 0.1) is 11.7 Å². The second-order valence-corrected chi connectivity index (χ2v) is 12.0. The molecule has 0 aromatic carbocycles. The smallest absolute Gasteiger partial charge is 0.0591 e. The molecular weight excluding hydrogens is 344 g/mol. The van der Waals surface area contributed by atoms with E-state index in [0.29, 0.717) is 10.8 Å². The van der Waals surface area contributed by atoms with E-state index >= 15 is 0 Å². The second-order valence-electron chi connectivity index (χ2n) is 12.0. The lowest BCUT2D eigenvalue weighted by atomic mass is 9.47. The highest BCUT2D eigenvalue weighted by Gasteiger charge is 2.58. The average Bonchev–Trinajstić information content (AvgIpc) is 2.95. The summed E-state index contributed by atoms with van der Waals surface area (Å²) in [5.41, 5.74) is 2.01. The molecule has 4 aliphatic rings. The van der Waals surface area contributed by atoms with Gasteiger partial charge in [-0.15, -0.1) is 0 Å². The maximum Gasteiger partial charge on any atom is 0.0591 e. The molecule has 0 heterocycles. The van der Waals surface area contributed by atoms with Crippen LogP contribution in [0, 0.1) is 34.5 Å². The van der Waals surface area contributed by atoms with Crippen molar-refractivity contribution in [3.05, 3.63) is 11.6 Å². The first kappa shape index (κ1) is 20.9. The number of rotatable bonds is 5. The van der Waals surface area contributed by atoms with Crippen molar-refractivity contribution in [2.45, 2.75) is 116 Å². The predicted molar refractivity (Wildman–Crippen MR) is 116 cm³/mol. The molecule has 0 saturated heterocycles. The Labute approximate surface area is 173 Å². The van der Waals surface area contributed by atoms with Crippen LogP contribution in [0.15, 0.2) is 11.6 Å². The molecule has 3 fully saturated rings. The highest BCUT2D eigenvalue weighted by Crippen LogP contribution is 2.66. The number of unbranched alkanes of at least 4 members (excludes halogenated alkanes) is 1. The lowest BCUT2D eigenvalue weighted by Gasteiger charge is -2.58. The number of hydrogen-bond donors (Lipinski definition) is 2. The molecule has 0 aliphatic heterocycles. The summed E-state index contributed by atoms with van der Waals surface area (Å²) < 4.78 is 0. The van der Waals surface area contributed by atoms with Gasteiger partial charge in [-0.1, -0.05) is 38.3 Å². The lowest BCUT2D eigenvalue weighted by Crippen LogP contribution is -2.50. The number of aliphatic hydroxyl groups excluding tert-OH is 1. The molecular formula is C26H44O2. The summed E-state index contributed by atoms with van der Waals surface area (Å²) >= 11 is 0. The minimum absolute atomic E-state index is 0.0931. The zero-order chi connectivity index (χ0) is 20.2. The van der Waals surface area contributed by atoms with Crippen LogP contribution in [-0.4, -0.2) is 21.9 Å². The SMILES string of the molecule is CC(C)(O)CCCCC1CCC2C3CC=C4C[C@@H](O)CC[C@]4(C)C3CC[C@]12C. The Hall–Kier alpha value is -0.340. The number of hydrogen-bond acceptors (Lipinski definition) is 2. The van der Waals surface area contributed by atoms with Gasteiger partial charge >= 0.3 is 0 Å². The van der Waals surface area contributed by atoms with Crippen LogP contribution < -0.4 is 0 Å². The van der Waals surface area contributed by atoms with E-state index in [1.807, 2.05) is 13.8 Å². The molecule has 3 saturated carbocycles. The third-order valence-corrected chi connectivity index (χ3v) is 9.87. The number of allylic oxidation sites excluding steroid dienone is 1. The van der Waals surface area contributed by atoms with Gasteiger partial charge in [0.1, 0.15) is 0 Å². The van der Waals surface area contributed by atoms with Gasteiger partial charge in [-0.2, -0.15) is 0 Å². The summed E-state index contributed by atoms with van der Waals surface area (Å²) in [5.74, 6) is 3.54. The predicted octanol–water partition coefficient (Wildman–Crippen LogP) is 6.26. The van der Waals surface area contributed by atoms with Crippen molar-refractivity contribution in [3.8, 4) is 0 Å². The summed E-state index contributed by atoms with van der Waals surface area (Å²) in [5, 5.41) is 20.2. The highest BCUT2D eigenvalue weighted by molar-refractivity contribution is 5.25. The molecule has 0 bridgehead atoms. The molecule has 4 rings (SSSR count). The van der Waals surface area contributed by atoms with E-state index in [1.165, 1.54) is 57.8 Å². The average molecular weight is 389 g/mol. The lowest BCUT2D eigenvalue weighted by molar-refractivity contribution is -0.0510. The van der Waals surface area contributed by atoms with E-state index in [4.69, 9.17) is 0 Å². The largest absolute Gasteiger partial charge is 0.393 e. The van der Waals surface area contributed by atoms with Crippen molar-refractivity contribution in [1.29, 1.82) is 0 Å². The van der Waals surface area contributed by atoms with Crippen LogP contribution in [0.2, 0.25) is 0 Å². The molecule has 0 amide bonds. The topological polar surface area (TPSA) is 40.5 Å². The fourth-order valence-corrected chi connectivity index (χ4v) is 8.17. The summed E-state index contributed by atoms with van der Waals surface area (Å²) in [6.07, 6.45) is 17.3. The van der Waals surface area contributed by atoms with Gasteiger partial charge in [0.15, 0.2) is 0 Å². The molecule has 2 heteroatoms. The summed E-state index contributed by atoms with van der Waals surface area (Å²) in [4.78, 5) is 0. The molecule has 160 valence electrons. The highest BCUT2D eigenvalue weighted by atomic mass is 16.3. The van der Waals surface area contributed by atoms with Crippen molar-refractivity contribution in [2.75, 3.05) is 0 Å². The fourth-order valence-electron chi connectivity index (χ4n) is 8.17. The first-order valence-electron chi connectivity index (χ1n) is 12.2. The van der Waals surface area contributed by atoms with Crippen molar-refractivity contribution >= 4 is 0 Å². The van der Waals surface area contributed by atoms with Crippen molar-refractivity contribution < 1.29 is 10.2 Å². The Balaban J connectivity index is 1.43. The Morgan fingerprint density at radius 1 is 1.04 bits per heavy atom. The standard InChI is InChI=1S/C26H44O2/c1-24(2,28)14-6-5-7-18-9-11-22-21-10-8-19-17-20(27)12-15-26(19,4)23(21)13-16-25(18,22)3/h8,18,20-23,27-28H,5-7,9-17H2,1-4H3/t18?,20-,21?,22?,23?,25+,26-/m0/s1. The molecule has 2 N–H and O–H groups in total. The molecule has 4 unspecified atom stereocenters. The van der Waals surface area contributed by atoms with E-state index in [0.717, 1.165) is 42.9 Å². The van der Waals surface area contributed by atoms with E-state index in [1.54, 1.807) is 5.57 Å². The number of aliphatic hydroxyl groups is 2. The first-order chi connectivity index (χ1) is 13.1. The fraction of sp³-hybridized carbons (Fsp3) is 0.923. The number of fused-ring (bicyclic) bond motifs is 5. The molecule has 7 atom stereocenters. The van der Waals surface area contributed by atoms with Crippen molar-refractivity contribution in [3.63, 3.8) is 0 Å². The molecule has 2 nitrogen and oxygen atoms in total. The zero-order valence-corrected chi connectivity index (χ0v) is 18.8. The van der Waals surface area contributed by atoms with Gasteiger partial charge in [-0.05, 0) is 113 Å². The molecule has 4 aliphatic carbocycles. The second kappa shape index (κ2) is 7.41. The van der Waals surface area contributed by atoms with Crippen molar-refractivity contribution in [1.82, 2.24) is 0 Å². The van der Waals surface area contributed by atoms with Crippen LogP contribution in [0.3, 0.4) is 0 Å². The van der Waals surface area contributed by atoms with Gasteiger partial charge in [-0.3, -0.25) is 0 Å². The van der Waals surface area contributed by atoms with Gasteiger partial charge in [0.2, 0.25) is 0 Å². The third kappa shape index (κ3) is 3.62.